The molecule has 8 nitrogen and oxygen atoms in total. The monoisotopic (exact) mass is 574 g/mol. The van der Waals surface area contributed by atoms with Gasteiger partial charge in [-0.3, -0.25) is 0 Å². The minimum Gasteiger partial charge on any atom is -0.519 e. The summed E-state index contributed by atoms with van der Waals surface area (Å²) in [6.45, 7) is 0. The smallest absolute Gasteiger partial charge is 0.519 e. The summed E-state index contributed by atoms with van der Waals surface area (Å²) in [6.07, 6.45) is 0. The van der Waals surface area contributed by atoms with Crippen LogP contribution in [0.2, 0.25) is 0 Å². The zero-order valence-corrected chi connectivity index (χ0v) is 21.6. The second-order valence-corrected chi connectivity index (χ2v) is 8.72. The number of nitrogens with zero attached hydrogens (tertiary/aromatic N) is 4. The lowest BCUT2D eigenvalue weighted by molar-refractivity contribution is 0.0903. The fourth-order valence-electron chi connectivity index (χ4n) is 3.81. The molecule has 0 bridgehead atoms. The van der Waals surface area contributed by atoms with E-state index in [0.29, 0.717) is 0 Å². The standard InChI is InChI=1S/C28H20B2F4N4O4/c31-29(32)39-35-25(21-13-5-1-6-14-21)26(22-15-7-2-8-16-22)36-40-30(33,34)42-38-28(24-19-11-4-12-20-24)27(37-41-29)23-17-9-3-10-18-23/h1-20H/q-2/b35-25+,36-26?,37-27?,38-28+. The van der Waals surface area contributed by atoms with E-state index < -0.39 is 14.2 Å². The molecule has 0 N–H and O–H groups in total. The van der Waals surface area contributed by atoms with E-state index in [0.717, 1.165) is 0 Å². The highest BCUT2D eigenvalue weighted by Crippen LogP contribution is 2.21. The number of halogens is 4. The third kappa shape index (κ3) is 7.02. The summed E-state index contributed by atoms with van der Waals surface area (Å²) in [5.74, 6) is 0. The molecule has 1 heterocycles. The Hall–Kier alpha value is -5.39. The summed E-state index contributed by atoms with van der Waals surface area (Å²) in [5.41, 5.74) is -0.580. The molecular formula is C28H20B2F4N4O4-2. The maximum Gasteiger partial charge on any atom is 0.766 e. The molecule has 212 valence electrons. The lowest BCUT2D eigenvalue weighted by atomic mass is 10.00. The van der Waals surface area contributed by atoms with Crippen molar-refractivity contribution in [2.45, 2.75) is 0 Å². The molecule has 1 aliphatic rings. The molecule has 0 atom stereocenters. The summed E-state index contributed by atoms with van der Waals surface area (Å²) in [5, 5.41) is 14.4. The van der Waals surface area contributed by atoms with Crippen molar-refractivity contribution in [3.8, 4) is 0 Å². The van der Waals surface area contributed by atoms with E-state index >= 15 is 17.3 Å². The number of oxime groups is 4. The van der Waals surface area contributed by atoms with Gasteiger partial charge >= 0.3 is 14.2 Å². The third-order valence-corrected chi connectivity index (χ3v) is 5.70. The van der Waals surface area contributed by atoms with Gasteiger partial charge < -0.3 is 36.3 Å². The topological polar surface area (TPSA) is 86.4 Å². The second kappa shape index (κ2) is 12.4. The molecule has 0 amide bonds. The molecule has 0 aromatic heterocycles. The second-order valence-electron chi connectivity index (χ2n) is 8.72. The fourth-order valence-corrected chi connectivity index (χ4v) is 3.81. The molecule has 0 radical (unpaired) electrons. The lowest BCUT2D eigenvalue weighted by Gasteiger charge is -2.25. The summed E-state index contributed by atoms with van der Waals surface area (Å²) in [7, 11) is -10.4. The van der Waals surface area contributed by atoms with Crippen molar-refractivity contribution >= 4 is 37.1 Å². The first kappa shape index (κ1) is 28.1. The Bertz CT molecular complexity index is 1390. The fraction of sp³-hybridized carbons (Fsp3) is 0. The molecule has 1 aliphatic heterocycles. The van der Waals surface area contributed by atoms with Crippen molar-refractivity contribution in [3.63, 3.8) is 0 Å². The van der Waals surface area contributed by atoms with E-state index in [1.165, 1.54) is 48.5 Å². The van der Waals surface area contributed by atoms with Gasteiger partial charge in [0, 0.05) is 22.3 Å². The number of rotatable bonds is 4. The van der Waals surface area contributed by atoms with Crippen LogP contribution in [0.15, 0.2) is 142 Å². The van der Waals surface area contributed by atoms with Crippen LogP contribution in [0.1, 0.15) is 22.3 Å². The van der Waals surface area contributed by atoms with Crippen molar-refractivity contribution in [1.29, 1.82) is 0 Å². The first-order chi connectivity index (χ1) is 20.3. The van der Waals surface area contributed by atoms with Crippen LogP contribution in [-0.4, -0.2) is 37.1 Å². The highest BCUT2D eigenvalue weighted by molar-refractivity contribution is 6.57. The first-order valence-electron chi connectivity index (χ1n) is 12.6. The molecule has 4 aromatic rings. The molecule has 42 heavy (non-hydrogen) atoms. The zero-order valence-electron chi connectivity index (χ0n) is 21.6. The Labute approximate surface area is 237 Å². The molecular weight excluding hydrogens is 554 g/mol. The number of benzene rings is 4. The minimum atomic E-state index is -5.20. The van der Waals surface area contributed by atoms with Gasteiger partial charge in [-0.1, -0.05) is 121 Å². The van der Waals surface area contributed by atoms with Crippen molar-refractivity contribution in [1.82, 2.24) is 0 Å². The number of hydrogen-bond donors (Lipinski definition) is 0. The van der Waals surface area contributed by atoms with E-state index in [1.54, 1.807) is 72.8 Å². The Morgan fingerprint density at radius 2 is 0.524 bits per heavy atom. The maximum atomic E-state index is 15.1. The summed E-state index contributed by atoms with van der Waals surface area (Å²) >= 11 is 0. The van der Waals surface area contributed by atoms with Gasteiger partial charge in [-0.05, 0) is 0 Å². The van der Waals surface area contributed by atoms with Gasteiger partial charge in [0.25, 0.3) is 0 Å². The van der Waals surface area contributed by atoms with Crippen molar-refractivity contribution < 1.29 is 36.3 Å². The Morgan fingerprint density at radius 3 is 0.714 bits per heavy atom. The molecule has 0 fully saturated rings. The SMILES string of the molecule is F[B-]1(F)ON=C(c2ccccc2)/C(c2ccccc2)=N/O[B-](F)(F)ON=C(c2ccccc2)/C(c2ccccc2)=N/O1. The van der Waals surface area contributed by atoms with Crippen LogP contribution in [0.4, 0.5) is 17.3 Å². The molecule has 14 heteroatoms. The van der Waals surface area contributed by atoms with Gasteiger partial charge in [0.15, 0.2) is 0 Å². The van der Waals surface area contributed by atoms with Gasteiger partial charge in [0.1, 0.15) is 22.8 Å². The molecule has 5 rings (SSSR count). The quantitative estimate of drug-likeness (QED) is 0.208. The van der Waals surface area contributed by atoms with Crippen LogP contribution in [0.3, 0.4) is 0 Å². The van der Waals surface area contributed by atoms with E-state index in [9.17, 15) is 0 Å². The van der Waals surface area contributed by atoms with E-state index in [2.05, 4.69) is 39.6 Å². The molecule has 0 aliphatic carbocycles. The first-order valence-corrected chi connectivity index (χ1v) is 12.6. The predicted molar refractivity (Wildman–Crippen MR) is 152 cm³/mol. The average molecular weight is 574 g/mol. The summed E-state index contributed by atoms with van der Waals surface area (Å²) in [4.78, 5) is 0. The van der Waals surface area contributed by atoms with Crippen LogP contribution in [0.25, 0.3) is 0 Å². The molecule has 0 saturated heterocycles. The number of hydrogen-bond acceptors (Lipinski definition) is 8. The van der Waals surface area contributed by atoms with Gasteiger partial charge in [-0.25, -0.2) is 0 Å². The highest BCUT2D eigenvalue weighted by Gasteiger charge is 2.38. The van der Waals surface area contributed by atoms with Crippen LogP contribution in [0.5, 0.6) is 0 Å². The molecule has 0 spiro atoms. The van der Waals surface area contributed by atoms with Crippen LogP contribution in [0, 0.1) is 0 Å². The van der Waals surface area contributed by atoms with Crippen LogP contribution >= 0.6 is 0 Å². The maximum absolute atomic E-state index is 15.1. The summed E-state index contributed by atoms with van der Waals surface area (Å²) < 4.78 is 78.6. The Morgan fingerprint density at radius 1 is 0.333 bits per heavy atom. The predicted octanol–water partition coefficient (Wildman–Crippen LogP) is 6.43. The molecule has 0 unspecified atom stereocenters. The van der Waals surface area contributed by atoms with E-state index in [1.807, 2.05) is 0 Å². The molecule has 4 aromatic carbocycles. The highest BCUT2D eigenvalue weighted by atomic mass is 19.3. The zero-order chi connectivity index (χ0) is 29.4. The van der Waals surface area contributed by atoms with Gasteiger partial charge in [-0.2, -0.15) is 0 Å². The minimum absolute atomic E-state index is 0.206. The normalized spacial score (nSPS) is 19.3. The Kier molecular flexibility index (Phi) is 8.32. The van der Waals surface area contributed by atoms with Gasteiger partial charge in [0.05, 0.1) is 0 Å². The summed E-state index contributed by atoms with van der Waals surface area (Å²) in [6, 6.07) is 31.3. The van der Waals surface area contributed by atoms with Crippen molar-refractivity contribution in [2.75, 3.05) is 0 Å². The van der Waals surface area contributed by atoms with Crippen molar-refractivity contribution in [3.05, 3.63) is 144 Å². The van der Waals surface area contributed by atoms with Gasteiger partial charge in [-0.15, -0.1) is 20.6 Å². The lowest BCUT2D eigenvalue weighted by Crippen LogP contribution is -2.34. The molecule has 0 saturated carbocycles. The van der Waals surface area contributed by atoms with Crippen molar-refractivity contribution in [2.24, 2.45) is 20.6 Å². The van der Waals surface area contributed by atoms with Gasteiger partial charge in [0.2, 0.25) is 0 Å². The largest absolute Gasteiger partial charge is 0.766 e. The average Bonchev–Trinajstić information content (AvgIpc) is 3.01. The third-order valence-electron chi connectivity index (χ3n) is 5.70. The van der Waals surface area contributed by atoms with E-state index in [-0.39, 0.29) is 45.1 Å². The Balaban J connectivity index is 1.68. The van der Waals surface area contributed by atoms with Crippen LogP contribution < -0.4 is 0 Å². The van der Waals surface area contributed by atoms with Crippen LogP contribution in [-0.2, 0) is 19.0 Å². The van der Waals surface area contributed by atoms with E-state index in [4.69, 9.17) is 0 Å².